The summed E-state index contributed by atoms with van der Waals surface area (Å²) in [6.07, 6.45) is 3.84. The molecule has 1 N–H and O–H groups in total. The van der Waals surface area contributed by atoms with Crippen molar-refractivity contribution in [3.05, 3.63) is 82.7 Å². The summed E-state index contributed by atoms with van der Waals surface area (Å²) in [7, 11) is 3.31. The molecule has 0 spiro atoms. The number of piperazine rings is 1. The minimum absolute atomic E-state index is 0.153. The van der Waals surface area contributed by atoms with E-state index in [1.54, 1.807) is 20.3 Å². The maximum absolute atomic E-state index is 13.6. The van der Waals surface area contributed by atoms with Crippen LogP contribution >= 0.6 is 0 Å². The number of phenols is 1. The Morgan fingerprint density at radius 3 is 2.37 bits per heavy atom. The smallest absolute Gasteiger partial charge is 0.232 e. The molecular formula is C33H35N3O5. The van der Waals surface area contributed by atoms with Gasteiger partial charge in [-0.15, -0.1) is 0 Å². The number of aromatic hydroxyl groups is 1. The topological polar surface area (TPSA) is 76.4 Å². The molecule has 2 aliphatic heterocycles. The summed E-state index contributed by atoms with van der Waals surface area (Å²) in [5.41, 5.74) is 4.99. The quantitative estimate of drug-likeness (QED) is 0.297. The number of carbonyl (C=O) groups is 1. The van der Waals surface area contributed by atoms with Gasteiger partial charge >= 0.3 is 0 Å². The van der Waals surface area contributed by atoms with Crippen molar-refractivity contribution in [1.82, 2.24) is 9.47 Å². The van der Waals surface area contributed by atoms with E-state index in [0.717, 1.165) is 66.4 Å². The average Bonchev–Trinajstić information content (AvgIpc) is 3.52. The van der Waals surface area contributed by atoms with Crippen molar-refractivity contribution in [3.63, 3.8) is 0 Å². The first kappa shape index (κ1) is 26.8. The van der Waals surface area contributed by atoms with Crippen LogP contribution in [0.4, 0.5) is 5.69 Å². The maximum Gasteiger partial charge on any atom is 0.232 e. The average molecular weight is 554 g/mol. The van der Waals surface area contributed by atoms with Crippen LogP contribution in [0.2, 0.25) is 0 Å². The van der Waals surface area contributed by atoms with Gasteiger partial charge in [0, 0.05) is 67.6 Å². The largest absolute Gasteiger partial charge is 0.507 e. The van der Waals surface area contributed by atoms with Gasteiger partial charge in [0.25, 0.3) is 0 Å². The van der Waals surface area contributed by atoms with E-state index in [1.165, 1.54) is 0 Å². The van der Waals surface area contributed by atoms with Crippen LogP contribution in [0, 0.1) is 6.92 Å². The number of allylic oxidation sites excluding steroid dienone is 1. The van der Waals surface area contributed by atoms with Crippen molar-refractivity contribution >= 4 is 28.4 Å². The van der Waals surface area contributed by atoms with Gasteiger partial charge in [-0.05, 0) is 74.0 Å². The van der Waals surface area contributed by atoms with Gasteiger partial charge in [-0.1, -0.05) is 0 Å². The first-order valence-electron chi connectivity index (χ1n) is 14.0. The first-order chi connectivity index (χ1) is 19.9. The summed E-state index contributed by atoms with van der Waals surface area (Å²) in [6, 6.07) is 15.7. The SMILES string of the molecule is CCn1cc(/C=C2/Oc3c(CN4CCN(c5ccc(OC)cc5)CC4)c(O)cc(C)c3C2=O)c2cc(OC)ccc21. The molecule has 2 aliphatic rings. The molecule has 0 aliphatic carbocycles. The number of ether oxygens (including phenoxy) is 3. The lowest BCUT2D eigenvalue weighted by Gasteiger charge is -2.36. The van der Waals surface area contributed by atoms with Gasteiger partial charge in [0.15, 0.2) is 5.76 Å². The Morgan fingerprint density at radius 2 is 1.68 bits per heavy atom. The van der Waals surface area contributed by atoms with E-state index < -0.39 is 0 Å². The highest BCUT2D eigenvalue weighted by Gasteiger charge is 2.34. The Balaban J connectivity index is 1.25. The van der Waals surface area contributed by atoms with Crippen molar-refractivity contribution < 1.29 is 24.1 Å². The molecule has 0 radical (unpaired) electrons. The zero-order valence-electron chi connectivity index (χ0n) is 23.9. The number of ketones is 1. The van der Waals surface area contributed by atoms with Gasteiger partial charge in [-0.3, -0.25) is 9.69 Å². The van der Waals surface area contributed by atoms with Crippen LogP contribution in [0.1, 0.15) is 34.0 Å². The van der Waals surface area contributed by atoms with E-state index in [4.69, 9.17) is 14.2 Å². The number of nitrogens with zero attached hydrogens (tertiary/aromatic N) is 3. The molecule has 8 nitrogen and oxygen atoms in total. The molecule has 3 aromatic carbocycles. The predicted octanol–water partition coefficient (Wildman–Crippen LogP) is 5.63. The zero-order valence-corrected chi connectivity index (χ0v) is 23.9. The van der Waals surface area contributed by atoms with Crippen LogP contribution in [0.15, 0.2) is 60.5 Å². The van der Waals surface area contributed by atoms with Crippen molar-refractivity contribution in [1.29, 1.82) is 0 Å². The fourth-order valence-electron chi connectivity index (χ4n) is 5.86. The number of hydrogen-bond donors (Lipinski definition) is 1. The minimum Gasteiger partial charge on any atom is -0.507 e. The Hall–Kier alpha value is -4.43. The Morgan fingerprint density at radius 1 is 0.976 bits per heavy atom. The molecule has 0 atom stereocenters. The maximum atomic E-state index is 13.6. The highest BCUT2D eigenvalue weighted by Crippen LogP contribution is 2.43. The van der Waals surface area contributed by atoms with Crippen LogP contribution in [-0.4, -0.2) is 60.8 Å². The lowest BCUT2D eigenvalue weighted by molar-refractivity contribution is 0.101. The van der Waals surface area contributed by atoms with Crippen molar-refractivity contribution in [2.45, 2.75) is 26.9 Å². The number of aromatic nitrogens is 1. The van der Waals surface area contributed by atoms with Crippen LogP contribution in [0.5, 0.6) is 23.0 Å². The fourth-order valence-corrected chi connectivity index (χ4v) is 5.86. The molecule has 212 valence electrons. The van der Waals surface area contributed by atoms with E-state index in [0.29, 0.717) is 29.0 Å². The number of phenolic OH excluding ortho intramolecular Hbond substituents is 1. The number of rotatable bonds is 7. The molecule has 0 saturated carbocycles. The molecule has 0 amide bonds. The Labute approximate surface area is 240 Å². The number of aryl methyl sites for hydroxylation is 2. The number of benzene rings is 3. The van der Waals surface area contributed by atoms with E-state index >= 15 is 0 Å². The third-order valence-corrected chi connectivity index (χ3v) is 8.16. The van der Waals surface area contributed by atoms with Gasteiger partial charge in [0.05, 0.1) is 25.3 Å². The molecule has 1 aromatic heterocycles. The number of methoxy groups -OCH3 is 2. The monoisotopic (exact) mass is 553 g/mol. The molecule has 1 fully saturated rings. The summed E-state index contributed by atoms with van der Waals surface area (Å²) in [5.74, 6) is 2.31. The van der Waals surface area contributed by atoms with Crippen molar-refractivity contribution in [3.8, 4) is 23.0 Å². The summed E-state index contributed by atoms with van der Waals surface area (Å²) in [6.45, 7) is 8.58. The second-order valence-corrected chi connectivity index (χ2v) is 10.5. The van der Waals surface area contributed by atoms with Gasteiger partial charge in [-0.25, -0.2) is 0 Å². The van der Waals surface area contributed by atoms with Crippen LogP contribution in [-0.2, 0) is 13.1 Å². The van der Waals surface area contributed by atoms with E-state index in [1.807, 2.05) is 49.5 Å². The van der Waals surface area contributed by atoms with E-state index in [-0.39, 0.29) is 17.3 Å². The summed E-state index contributed by atoms with van der Waals surface area (Å²) in [4.78, 5) is 18.3. The first-order valence-corrected chi connectivity index (χ1v) is 14.0. The summed E-state index contributed by atoms with van der Waals surface area (Å²) in [5, 5.41) is 12.0. The molecule has 0 unspecified atom stereocenters. The second kappa shape index (κ2) is 10.9. The lowest BCUT2D eigenvalue weighted by Crippen LogP contribution is -2.46. The lowest BCUT2D eigenvalue weighted by atomic mass is 9.99. The number of carbonyl (C=O) groups excluding carboxylic acids is 1. The molecule has 1 saturated heterocycles. The van der Waals surface area contributed by atoms with Gasteiger partial charge < -0.3 is 28.8 Å². The molecule has 4 aromatic rings. The number of hydrogen-bond acceptors (Lipinski definition) is 7. The molecule has 3 heterocycles. The molecule has 41 heavy (non-hydrogen) atoms. The van der Waals surface area contributed by atoms with Gasteiger partial charge in [0.2, 0.25) is 5.78 Å². The van der Waals surface area contributed by atoms with Gasteiger partial charge in [0.1, 0.15) is 23.0 Å². The summed E-state index contributed by atoms with van der Waals surface area (Å²) < 4.78 is 19.2. The number of Topliss-reactive ketones (excluding diaryl/α,β-unsaturated/α-hetero) is 1. The third kappa shape index (κ3) is 4.89. The molecule has 0 bridgehead atoms. The van der Waals surface area contributed by atoms with E-state index in [9.17, 15) is 9.90 Å². The highest BCUT2D eigenvalue weighted by molar-refractivity contribution is 6.16. The van der Waals surface area contributed by atoms with Gasteiger partial charge in [-0.2, -0.15) is 0 Å². The molecule has 8 heteroatoms. The fraction of sp³-hybridized carbons (Fsp3) is 0.303. The van der Waals surface area contributed by atoms with Crippen molar-refractivity contribution in [2.75, 3.05) is 45.3 Å². The van der Waals surface area contributed by atoms with Crippen LogP contribution in [0.25, 0.3) is 17.0 Å². The third-order valence-electron chi connectivity index (χ3n) is 8.16. The molecule has 6 rings (SSSR count). The Kier molecular flexibility index (Phi) is 7.09. The minimum atomic E-state index is -0.164. The summed E-state index contributed by atoms with van der Waals surface area (Å²) >= 11 is 0. The number of fused-ring (bicyclic) bond motifs is 2. The standard InChI is InChI=1S/C33H35N3O5/c1-5-35-19-22(26-18-25(40-4)10-11-28(26)35)17-30-32(38)31-21(2)16-29(37)27(33(31)41-30)20-34-12-14-36(15-13-34)23-6-8-24(39-3)9-7-23/h6-11,16-19,37H,5,12-15,20H2,1-4H3/b30-17+. The van der Waals surface area contributed by atoms with Crippen LogP contribution < -0.4 is 19.1 Å². The number of anilines is 1. The Bertz CT molecular complexity index is 1650. The van der Waals surface area contributed by atoms with Crippen molar-refractivity contribution in [2.24, 2.45) is 0 Å². The van der Waals surface area contributed by atoms with E-state index in [2.05, 4.69) is 33.4 Å². The second-order valence-electron chi connectivity index (χ2n) is 10.5. The predicted molar refractivity (Wildman–Crippen MR) is 160 cm³/mol. The highest BCUT2D eigenvalue weighted by atomic mass is 16.5. The zero-order chi connectivity index (χ0) is 28.7. The van der Waals surface area contributed by atoms with Crippen LogP contribution in [0.3, 0.4) is 0 Å². The molecular weight excluding hydrogens is 518 g/mol. The normalized spacial score (nSPS) is 16.3.